The van der Waals surface area contributed by atoms with Gasteiger partial charge >= 0.3 is 10.1 Å². The van der Waals surface area contributed by atoms with E-state index in [1.807, 2.05) is 20.8 Å². The Morgan fingerprint density at radius 1 is 0.957 bits per heavy atom. The van der Waals surface area contributed by atoms with E-state index in [1.165, 1.54) is 19.1 Å². The van der Waals surface area contributed by atoms with Crippen molar-refractivity contribution in [3.63, 3.8) is 0 Å². The van der Waals surface area contributed by atoms with Crippen molar-refractivity contribution in [2.45, 2.75) is 38.0 Å². The summed E-state index contributed by atoms with van der Waals surface area (Å²) in [4.78, 5) is 11.4. The van der Waals surface area contributed by atoms with Crippen LogP contribution in [0.3, 0.4) is 0 Å². The Labute approximate surface area is 137 Å². The van der Waals surface area contributed by atoms with Gasteiger partial charge in [0.05, 0.1) is 0 Å². The summed E-state index contributed by atoms with van der Waals surface area (Å²) in [6.07, 6.45) is 0. The van der Waals surface area contributed by atoms with Gasteiger partial charge in [-0.3, -0.25) is 4.79 Å². The number of carbonyl (C=O) groups is 1. The van der Waals surface area contributed by atoms with Crippen LogP contribution in [-0.4, -0.2) is 14.2 Å². The molecular formula is C18H20O4S. The van der Waals surface area contributed by atoms with Gasteiger partial charge in [0, 0.05) is 5.56 Å². The van der Waals surface area contributed by atoms with Crippen LogP contribution < -0.4 is 4.18 Å². The zero-order chi connectivity index (χ0) is 17.3. The summed E-state index contributed by atoms with van der Waals surface area (Å²) in [5.41, 5.74) is 0.871. The lowest BCUT2D eigenvalue weighted by Crippen LogP contribution is -2.19. The van der Waals surface area contributed by atoms with E-state index < -0.39 is 10.1 Å². The molecule has 2 rings (SSSR count). The minimum atomic E-state index is -3.95. The molecule has 0 unspecified atom stereocenters. The molecule has 0 aliphatic rings. The minimum Gasteiger partial charge on any atom is -0.379 e. The van der Waals surface area contributed by atoms with Gasteiger partial charge in [0.2, 0.25) is 0 Å². The van der Waals surface area contributed by atoms with Crippen molar-refractivity contribution in [3.8, 4) is 5.75 Å². The second kappa shape index (κ2) is 6.16. The van der Waals surface area contributed by atoms with E-state index in [4.69, 9.17) is 4.18 Å². The summed E-state index contributed by atoms with van der Waals surface area (Å²) in [6, 6.07) is 12.9. The van der Waals surface area contributed by atoms with Crippen LogP contribution in [0.2, 0.25) is 0 Å². The molecule has 0 aliphatic carbocycles. The molecule has 0 aliphatic heterocycles. The molecule has 0 saturated heterocycles. The molecular weight excluding hydrogens is 312 g/mol. The quantitative estimate of drug-likeness (QED) is 0.628. The highest BCUT2D eigenvalue weighted by molar-refractivity contribution is 7.87. The Balaban J connectivity index is 2.38. The molecule has 0 amide bonds. The predicted octanol–water partition coefficient (Wildman–Crippen LogP) is 3.95. The smallest absolute Gasteiger partial charge is 0.339 e. The van der Waals surface area contributed by atoms with Gasteiger partial charge in [-0.15, -0.1) is 0 Å². The topological polar surface area (TPSA) is 60.4 Å². The third-order valence-corrected chi connectivity index (χ3v) is 4.74. The Kier molecular flexibility index (Phi) is 4.61. The minimum absolute atomic E-state index is 0.0857. The molecule has 5 heteroatoms. The van der Waals surface area contributed by atoms with Crippen LogP contribution in [0.5, 0.6) is 5.75 Å². The van der Waals surface area contributed by atoms with Crippen molar-refractivity contribution in [2.24, 2.45) is 0 Å². The Hall–Kier alpha value is -2.14. The number of rotatable bonds is 4. The Morgan fingerprint density at radius 3 is 2.04 bits per heavy atom. The largest absolute Gasteiger partial charge is 0.379 e. The van der Waals surface area contributed by atoms with Crippen molar-refractivity contribution in [1.29, 1.82) is 0 Å². The number of ketones is 1. The van der Waals surface area contributed by atoms with Crippen LogP contribution in [0.15, 0.2) is 53.4 Å². The zero-order valence-corrected chi connectivity index (χ0v) is 14.5. The average molecular weight is 332 g/mol. The highest BCUT2D eigenvalue weighted by Crippen LogP contribution is 2.30. The Morgan fingerprint density at radius 2 is 1.52 bits per heavy atom. The molecule has 0 N–H and O–H groups in total. The van der Waals surface area contributed by atoms with Crippen LogP contribution in [0.1, 0.15) is 43.6 Å². The van der Waals surface area contributed by atoms with Gasteiger partial charge < -0.3 is 4.18 Å². The maximum Gasteiger partial charge on any atom is 0.339 e. The van der Waals surface area contributed by atoms with Crippen molar-refractivity contribution >= 4 is 15.9 Å². The molecule has 0 saturated carbocycles. The van der Waals surface area contributed by atoms with Crippen LogP contribution >= 0.6 is 0 Å². The van der Waals surface area contributed by atoms with E-state index >= 15 is 0 Å². The lowest BCUT2D eigenvalue weighted by Gasteiger charge is -2.22. The molecule has 0 bridgehead atoms. The fraction of sp³-hybridized carbons (Fsp3) is 0.278. The molecule has 122 valence electrons. The fourth-order valence-electron chi connectivity index (χ4n) is 2.22. The van der Waals surface area contributed by atoms with E-state index in [0.29, 0.717) is 11.1 Å². The summed E-state index contributed by atoms with van der Waals surface area (Å²) in [7, 11) is -3.95. The first-order valence-corrected chi connectivity index (χ1v) is 8.67. The number of Topliss-reactive ketones (excluding diaryl/α,β-unsaturated/α-hetero) is 1. The first kappa shape index (κ1) is 17.2. The summed E-state index contributed by atoms with van der Waals surface area (Å²) in [5.74, 6) is 0.0937. The standard InChI is InChI=1S/C18H20O4S/c1-13(19)14-9-11-15(12-10-14)22-23(20,21)17-8-6-5-7-16(17)18(2,3)4/h5-12H,1-4H3. The first-order valence-electron chi connectivity index (χ1n) is 7.26. The van der Waals surface area contributed by atoms with Gasteiger partial charge in [0.15, 0.2) is 5.78 Å². The summed E-state index contributed by atoms with van der Waals surface area (Å²) in [5, 5.41) is 0. The number of hydrogen-bond acceptors (Lipinski definition) is 4. The van der Waals surface area contributed by atoms with Gasteiger partial charge in [-0.25, -0.2) is 0 Å². The predicted molar refractivity (Wildman–Crippen MR) is 89.4 cm³/mol. The summed E-state index contributed by atoms with van der Waals surface area (Å²) >= 11 is 0. The van der Waals surface area contributed by atoms with E-state index in [2.05, 4.69) is 0 Å². The van der Waals surface area contributed by atoms with Crippen LogP contribution in [0.4, 0.5) is 0 Å². The lowest BCUT2D eigenvalue weighted by molar-refractivity contribution is 0.101. The fourth-order valence-corrected chi connectivity index (χ4v) is 3.56. The highest BCUT2D eigenvalue weighted by Gasteiger charge is 2.26. The molecule has 0 spiro atoms. The van der Waals surface area contributed by atoms with Gasteiger partial charge in [-0.05, 0) is 48.2 Å². The number of carbonyl (C=O) groups excluding carboxylic acids is 1. The molecule has 0 radical (unpaired) electrons. The highest BCUT2D eigenvalue weighted by atomic mass is 32.2. The maximum absolute atomic E-state index is 12.6. The van der Waals surface area contributed by atoms with Crippen molar-refractivity contribution in [3.05, 3.63) is 59.7 Å². The maximum atomic E-state index is 12.6. The van der Waals surface area contributed by atoms with E-state index in [-0.39, 0.29) is 21.8 Å². The van der Waals surface area contributed by atoms with Crippen LogP contribution in [0, 0.1) is 0 Å². The molecule has 0 fully saturated rings. The summed E-state index contributed by atoms with van der Waals surface area (Å²) < 4.78 is 30.4. The molecule has 23 heavy (non-hydrogen) atoms. The van der Waals surface area contributed by atoms with Crippen molar-refractivity contribution < 1.29 is 17.4 Å². The Bertz CT molecular complexity index is 813. The van der Waals surface area contributed by atoms with E-state index in [1.54, 1.807) is 36.4 Å². The SMILES string of the molecule is CC(=O)c1ccc(OS(=O)(=O)c2ccccc2C(C)(C)C)cc1. The van der Waals surface area contributed by atoms with Crippen molar-refractivity contribution in [1.82, 2.24) is 0 Å². The van der Waals surface area contributed by atoms with Crippen LogP contribution in [-0.2, 0) is 15.5 Å². The van der Waals surface area contributed by atoms with Crippen LogP contribution in [0.25, 0.3) is 0 Å². The molecule has 0 heterocycles. The number of hydrogen-bond donors (Lipinski definition) is 0. The normalized spacial score (nSPS) is 12.0. The first-order chi connectivity index (χ1) is 10.6. The molecule has 0 atom stereocenters. The number of benzene rings is 2. The van der Waals surface area contributed by atoms with Crippen molar-refractivity contribution in [2.75, 3.05) is 0 Å². The second-order valence-corrected chi connectivity index (χ2v) is 7.88. The zero-order valence-electron chi connectivity index (χ0n) is 13.7. The second-order valence-electron chi connectivity index (χ2n) is 6.36. The van der Waals surface area contributed by atoms with Gasteiger partial charge in [-0.1, -0.05) is 39.0 Å². The molecule has 0 aromatic heterocycles. The van der Waals surface area contributed by atoms with Gasteiger partial charge in [0.1, 0.15) is 10.6 Å². The summed E-state index contributed by atoms with van der Waals surface area (Å²) in [6.45, 7) is 7.29. The molecule has 4 nitrogen and oxygen atoms in total. The third-order valence-electron chi connectivity index (χ3n) is 3.43. The monoisotopic (exact) mass is 332 g/mol. The van der Waals surface area contributed by atoms with E-state index in [9.17, 15) is 13.2 Å². The average Bonchev–Trinajstić information content (AvgIpc) is 2.46. The van der Waals surface area contributed by atoms with Gasteiger partial charge in [-0.2, -0.15) is 8.42 Å². The third kappa shape index (κ3) is 3.99. The van der Waals surface area contributed by atoms with Gasteiger partial charge in [0.25, 0.3) is 0 Å². The molecule has 2 aromatic rings. The molecule has 2 aromatic carbocycles. The van der Waals surface area contributed by atoms with E-state index in [0.717, 1.165) is 0 Å². The lowest BCUT2D eigenvalue weighted by atomic mass is 9.87.